The molecule has 1 aliphatic heterocycles. The maximum Gasteiger partial charge on any atom is 0.316 e. The van der Waals surface area contributed by atoms with Crippen molar-refractivity contribution in [1.29, 1.82) is 0 Å². The van der Waals surface area contributed by atoms with Gasteiger partial charge in [0.2, 0.25) is 5.78 Å². The molecule has 0 spiro atoms. The molecule has 0 bridgehead atoms. The maximum atomic E-state index is 12.8. The van der Waals surface area contributed by atoms with E-state index in [1.807, 2.05) is 12.2 Å². The van der Waals surface area contributed by atoms with Crippen molar-refractivity contribution in [2.24, 2.45) is 0 Å². The highest BCUT2D eigenvalue weighted by Crippen LogP contribution is 2.12. The summed E-state index contributed by atoms with van der Waals surface area (Å²) < 4.78 is 32.6. The molecule has 0 saturated carbocycles. The average molecular weight is 504 g/mol. The summed E-state index contributed by atoms with van der Waals surface area (Å²) in [5.41, 5.74) is 0. The highest BCUT2D eigenvalue weighted by molar-refractivity contribution is 7.85. The van der Waals surface area contributed by atoms with Crippen LogP contribution in [0.3, 0.4) is 0 Å². The van der Waals surface area contributed by atoms with Crippen LogP contribution >= 0.6 is 0 Å². The Morgan fingerprint density at radius 3 is 2.18 bits per heavy atom. The van der Waals surface area contributed by atoms with E-state index in [-0.39, 0.29) is 25.4 Å². The third-order valence-corrected chi connectivity index (χ3v) is 6.94. The summed E-state index contributed by atoms with van der Waals surface area (Å²) in [6.07, 6.45) is 18.1. The van der Waals surface area contributed by atoms with Crippen LogP contribution < -0.4 is 0 Å². The van der Waals surface area contributed by atoms with Gasteiger partial charge in [-0.3, -0.25) is 18.8 Å². The SMILES string of the molecule is CCCCCCCCCCCCC/C=C/CC(=O)C1=[N+](CC(O)CS(=O)(=O)O)CCN1CCO. The summed E-state index contributed by atoms with van der Waals surface area (Å²) in [5.74, 6) is -0.507. The van der Waals surface area contributed by atoms with Crippen LogP contribution in [-0.2, 0) is 14.9 Å². The van der Waals surface area contributed by atoms with E-state index in [1.54, 1.807) is 9.48 Å². The smallest absolute Gasteiger partial charge is 0.316 e. The topological polar surface area (TPSA) is 118 Å². The number of ketones is 1. The lowest BCUT2D eigenvalue weighted by Gasteiger charge is -2.12. The number of hydrogen-bond donors (Lipinski definition) is 3. The molecule has 0 fully saturated rings. The number of carbonyl (C=O) groups excluding carboxylic acids is 1. The maximum absolute atomic E-state index is 12.8. The van der Waals surface area contributed by atoms with Gasteiger partial charge in [-0.2, -0.15) is 8.42 Å². The van der Waals surface area contributed by atoms with Crippen molar-refractivity contribution in [3.8, 4) is 0 Å². The molecule has 0 aromatic carbocycles. The molecule has 0 amide bonds. The number of unbranched alkanes of at least 4 members (excludes halogenated alkanes) is 11. The molecule has 8 nitrogen and oxygen atoms in total. The summed E-state index contributed by atoms with van der Waals surface area (Å²) in [6, 6.07) is 0. The summed E-state index contributed by atoms with van der Waals surface area (Å²) in [6.45, 7) is 3.34. The summed E-state index contributed by atoms with van der Waals surface area (Å²) in [7, 11) is -4.30. The van der Waals surface area contributed by atoms with Gasteiger partial charge >= 0.3 is 5.84 Å². The van der Waals surface area contributed by atoms with Crippen molar-refractivity contribution < 1.29 is 32.6 Å². The van der Waals surface area contributed by atoms with Crippen LogP contribution in [0.5, 0.6) is 0 Å². The lowest BCUT2D eigenvalue weighted by molar-refractivity contribution is -0.525. The van der Waals surface area contributed by atoms with Gasteiger partial charge in [0.1, 0.15) is 38.0 Å². The van der Waals surface area contributed by atoms with Crippen LogP contribution in [0.1, 0.15) is 90.4 Å². The molecule has 0 radical (unpaired) electrons. The number of aliphatic hydroxyl groups excluding tert-OH is 2. The molecule has 1 rings (SSSR count). The number of Topliss-reactive ketones (excluding diaryl/α,β-unsaturated/α-hetero) is 1. The van der Waals surface area contributed by atoms with Crippen molar-refractivity contribution in [3.63, 3.8) is 0 Å². The van der Waals surface area contributed by atoms with E-state index in [4.69, 9.17) is 4.55 Å². The molecule has 1 aliphatic rings. The summed E-state index contributed by atoms with van der Waals surface area (Å²) in [5, 5.41) is 19.3. The lowest BCUT2D eigenvalue weighted by Crippen LogP contribution is -2.40. The van der Waals surface area contributed by atoms with Gasteiger partial charge in [0.15, 0.2) is 0 Å². The van der Waals surface area contributed by atoms with E-state index in [9.17, 15) is 23.4 Å². The zero-order valence-corrected chi connectivity index (χ0v) is 21.9. The Labute approximate surface area is 206 Å². The fourth-order valence-corrected chi connectivity index (χ4v) is 4.99. The van der Waals surface area contributed by atoms with Crippen LogP contribution in [0.15, 0.2) is 12.2 Å². The van der Waals surface area contributed by atoms with Crippen molar-refractivity contribution in [2.45, 2.75) is 96.5 Å². The van der Waals surface area contributed by atoms with Crippen molar-refractivity contribution in [3.05, 3.63) is 12.2 Å². The first-order chi connectivity index (χ1) is 16.3. The molecule has 198 valence electrons. The zero-order chi connectivity index (χ0) is 25.2. The number of carbonyl (C=O) groups is 1. The van der Waals surface area contributed by atoms with Gasteiger partial charge in [0.05, 0.1) is 6.61 Å². The van der Waals surface area contributed by atoms with Gasteiger partial charge < -0.3 is 10.2 Å². The highest BCUT2D eigenvalue weighted by atomic mass is 32.2. The number of allylic oxidation sites excluding steroid dienone is 2. The van der Waals surface area contributed by atoms with E-state index in [2.05, 4.69) is 6.92 Å². The van der Waals surface area contributed by atoms with E-state index in [0.717, 1.165) is 12.8 Å². The predicted molar refractivity (Wildman–Crippen MR) is 136 cm³/mol. The minimum atomic E-state index is -4.30. The molecule has 0 aliphatic carbocycles. The Hall–Kier alpha value is -1.29. The first-order valence-electron chi connectivity index (χ1n) is 13.1. The third kappa shape index (κ3) is 14.2. The number of nitrogens with zero attached hydrogens (tertiary/aromatic N) is 2. The zero-order valence-electron chi connectivity index (χ0n) is 21.0. The number of hydrogen-bond acceptors (Lipinski definition) is 6. The number of aliphatic hydroxyl groups is 2. The van der Waals surface area contributed by atoms with Gasteiger partial charge in [0, 0.05) is 6.42 Å². The molecule has 34 heavy (non-hydrogen) atoms. The Bertz CT molecular complexity index is 736. The monoisotopic (exact) mass is 503 g/mol. The number of β-amino-alcohol motifs (C(OH)–C–C–N with tert-alkyl or cyclic N) is 2. The molecule has 0 aromatic rings. The van der Waals surface area contributed by atoms with Crippen molar-refractivity contribution >= 4 is 21.7 Å². The minimum absolute atomic E-state index is 0.0642. The number of amidine groups is 1. The molecule has 9 heteroatoms. The lowest BCUT2D eigenvalue weighted by atomic mass is 10.1. The Morgan fingerprint density at radius 1 is 1.03 bits per heavy atom. The fraction of sp³-hybridized carbons (Fsp3) is 0.840. The van der Waals surface area contributed by atoms with E-state index < -0.39 is 22.0 Å². The normalized spacial score (nSPS) is 15.6. The van der Waals surface area contributed by atoms with Crippen LogP contribution in [0, 0.1) is 0 Å². The van der Waals surface area contributed by atoms with Gasteiger partial charge in [-0.05, 0) is 12.8 Å². The summed E-state index contributed by atoms with van der Waals surface area (Å²) >= 11 is 0. The second kappa shape index (κ2) is 18.0. The van der Waals surface area contributed by atoms with E-state index >= 15 is 0 Å². The molecule has 1 heterocycles. The molecule has 3 N–H and O–H groups in total. The first-order valence-corrected chi connectivity index (χ1v) is 14.7. The third-order valence-electron chi connectivity index (χ3n) is 6.14. The second-order valence-corrected chi connectivity index (χ2v) is 10.8. The van der Waals surface area contributed by atoms with E-state index in [0.29, 0.717) is 25.5 Å². The fourth-order valence-electron chi connectivity index (χ4n) is 4.40. The van der Waals surface area contributed by atoms with Gasteiger partial charge in [0.25, 0.3) is 10.1 Å². The molecule has 1 unspecified atom stereocenters. The van der Waals surface area contributed by atoms with Crippen LogP contribution in [-0.4, -0.2) is 88.9 Å². The molecule has 0 aromatic heterocycles. The Morgan fingerprint density at radius 2 is 1.62 bits per heavy atom. The number of rotatable bonds is 21. The molecular weight excluding hydrogens is 456 g/mol. The Balaban J connectivity index is 2.34. The van der Waals surface area contributed by atoms with Crippen LogP contribution in [0.4, 0.5) is 0 Å². The van der Waals surface area contributed by atoms with Gasteiger partial charge in [-0.25, -0.2) is 0 Å². The molecule has 0 saturated heterocycles. The van der Waals surface area contributed by atoms with Gasteiger partial charge in [-0.1, -0.05) is 83.3 Å². The quantitative estimate of drug-likeness (QED) is 0.0953. The van der Waals surface area contributed by atoms with Crippen LogP contribution in [0.2, 0.25) is 0 Å². The van der Waals surface area contributed by atoms with Crippen LogP contribution in [0.25, 0.3) is 0 Å². The molecule has 1 atom stereocenters. The standard InChI is InChI=1S/C25H46N2O6S/c1-2-3-4-5-6-7-8-9-10-11-12-13-14-15-16-24(30)25-26(19-20-28)17-18-27(25)21-23(29)22-34(31,32)33/h14-15,23,28-29H,2-13,16-22H2,1H3/p+1/b15-14+. The van der Waals surface area contributed by atoms with Crippen molar-refractivity contribution in [1.82, 2.24) is 4.90 Å². The molecular formula is C25H47N2O6S+. The predicted octanol–water partition coefficient (Wildman–Crippen LogP) is 3.17. The highest BCUT2D eigenvalue weighted by Gasteiger charge is 2.36. The van der Waals surface area contributed by atoms with Gasteiger partial charge in [-0.15, -0.1) is 0 Å². The first kappa shape index (κ1) is 30.7. The Kier molecular flexibility index (Phi) is 16.3. The largest absolute Gasteiger partial charge is 0.392 e. The summed E-state index contributed by atoms with van der Waals surface area (Å²) in [4.78, 5) is 14.6. The van der Waals surface area contributed by atoms with E-state index in [1.165, 1.54) is 64.2 Å². The second-order valence-electron chi connectivity index (χ2n) is 9.31. The minimum Gasteiger partial charge on any atom is -0.392 e. The van der Waals surface area contributed by atoms with Crippen molar-refractivity contribution in [2.75, 3.05) is 38.5 Å². The average Bonchev–Trinajstić information content (AvgIpc) is 3.14.